The molecule has 0 radical (unpaired) electrons. The Morgan fingerprint density at radius 3 is 2.19 bits per heavy atom. The van der Waals surface area contributed by atoms with Crippen LogP contribution >= 0.6 is 0 Å². The Hall–Kier alpha value is -3.35. The maximum absolute atomic E-state index is 12.5. The van der Waals surface area contributed by atoms with Crippen LogP contribution in [0.1, 0.15) is 56.1 Å². The summed E-state index contributed by atoms with van der Waals surface area (Å²) in [5.41, 5.74) is 3.45. The maximum Gasteiger partial charge on any atom is 0.407 e. The molecule has 168 valence electrons. The van der Waals surface area contributed by atoms with Crippen LogP contribution in [0.3, 0.4) is 0 Å². The first-order valence-electron chi connectivity index (χ1n) is 11.1. The topological polar surface area (TPSA) is 105 Å². The van der Waals surface area contributed by atoms with Crippen molar-refractivity contribution < 1.29 is 24.2 Å². The van der Waals surface area contributed by atoms with E-state index in [1.165, 1.54) is 0 Å². The van der Waals surface area contributed by atoms with Gasteiger partial charge in [0.05, 0.1) is 0 Å². The largest absolute Gasteiger partial charge is 0.480 e. The van der Waals surface area contributed by atoms with Crippen LogP contribution in [0.5, 0.6) is 0 Å². The van der Waals surface area contributed by atoms with E-state index in [2.05, 4.69) is 34.9 Å². The highest BCUT2D eigenvalue weighted by atomic mass is 16.5. The predicted molar refractivity (Wildman–Crippen MR) is 119 cm³/mol. The molecule has 0 bridgehead atoms. The van der Waals surface area contributed by atoms with Crippen LogP contribution in [0.4, 0.5) is 4.79 Å². The van der Waals surface area contributed by atoms with E-state index in [9.17, 15) is 19.5 Å². The number of amides is 2. The van der Waals surface area contributed by atoms with Gasteiger partial charge in [-0.3, -0.25) is 4.79 Å². The Kier molecular flexibility index (Phi) is 6.17. The highest BCUT2D eigenvalue weighted by Gasteiger charge is 2.51. The standard InChI is InChI=1S/C25H28N2O5/c1-2-7-16(14-22(28)27-25(12-13-25)23(29)30)26-24(31)32-15-21-19-10-5-3-8-17(19)18-9-4-6-11-20(18)21/h3-6,8-11,16,21H,2,7,12-15H2,1H3,(H,26,31)(H,27,28)(H,29,30). The number of hydrogen-bond donors (Lipinski definition) is 3. The monoisotopic (exact) mass is 436 g/mol. The summed E-state index contributed by atoms with van der Waals surface area (Å²) in [4.78, 5) is 36.2. The van der Waals surface area contributed by atoms with Crippen LogP contribution in [0.2, 0.25) is 0 Å². The molecular weight excluding hydrogens is 408 g/mol. The minimum atomic E-state index is -1.13. The maximum atomic E-state index is 12.5. The number of alkyl carbamates (subject to hydrolysis) is 1. The second-order valence-corrected chi connectivity index (χ2v) is 8.60. The van der Waals surface area contributed by atoms with Crippen molar-refractivity contribution in [2.24, 2.45) is 0 Å². The first-order chi connectivity index (χ1) is 15.4. The number of carbonyl (C=O) groups is 3. The highest BCUT2D eigenvalue weighted by molar-refractivity contribution is 5.90. The van der Waals surface area contributed by atoms with Crippen molar-refractivity contribution in [3.63, 3.8) is 0 Å². The SMILES string of the molecule is CCCC(CC(=O)NC1(C(=O)O)CC1)NC(=O)OCC1c2ccccc2-c2ccccc21. The van der Waals surface area contributed by atoms with Crippen molar-refractivity contribution >= 4 is 18.0 Å². The Bertz CT molecular complexity index is 985. The third-order valence-electron chi connectivity index (χ3n) is 6.27. The van der Waals surface area contributed by atoms with Crippen molar-refractivity contribution in [2.45, 2.75) is 56.5 Å². The molecule has 7 nitrogen and oxygen atoms in total. The van der Waals surface area contributed by atoms with Gasteiger partial charge in [0.1, 0.15) is 12.1 Å². The van der Waals surface area contributed by atoms with E-state index < -0.39 is 23.6 Å². The Morgan fingerprint density at radius 1 is 1.06 bits per heavy atom. The summed E-state index contributed by atoms with van der Waals surface area (Å²) in [6.45, 7) is 2.16. The molecule has 0 heterocycles. The summed E-state index contributed by atoms with van der Waals surface area (Å²) in [6, 6.07) is 15.8. The van der Waals surface area contributed by atoms with Crippen LogP contribution in [0.25, 0.3) is 11.1 Å². The molecular formula is C25H28N2O5. The molecule has 0 aromatic heterocycles. The fraction of sp³-hybridized carbons (Fsp3) is 0.400. The molecule has 0 saturated heterocycles. The van der Waals surface area contributed by atoms with Gasteiger partial charge in [-0.15, -0.1) is 0 Å². The van der Waals surface area contributed by atoms with Gasteiger partial charge >= 0.3 is 12.1 Å². The first-order valence-corrected chi connectivity index (χ1v) is 11.1. The quantitative estimate of drug-likeness (QED) is 0.554. The van der Waals surface area contributed by atoms with Gasteiger partial charge in [-0.1, -0.05) is 61.9 Å². The molecule has 1 fully saturated rings. The minimum Gasteiger partial charge on any atom is -0.480 e. The second kappa shape index (κ2) is 9.02. The predicted octanol–water partition coefficient (Wildman–Crippen LogP) is 3.82. The van der Waals surface area contributed by atoms with E-state index in [-0.39, 0.29) is 24.9 Å². The third kappa shape index (κ3) is 4.47. The molecule has 3 N–H and O–H groups in total. The molecule has 2 aliphatic rings. The Balaban J connectivity index is 1.35. The van der Waals surface area contributed by atoms with Crippen LogP contribution in [-0.4, -0.2) is 41.3 Å². The van der Waals surface area contributed by atoms with E-state index in [0.29, 0.717) is 19.3 Å². The van der Waals surface area contributed by atoms with E-state index in [1.54, 1.807) is 0 Å². The van der Waals surface area contributed by atoms with Gasteiger partial charge in [0.15, 0.2) is 0 Å². The summed E-state index contributed by atoms with van der Waals surface area (Å²) < 4.78 is 5.57. The van der Waals surface area contributed by atoms with Crippen LogP contribution in [0.15, 0.2) is 48.5 Å². The summed E-state index contributed by atoms with van der Waals surface area (Å²) in [5.74, 6) is -1.42. The van der Waals surface area contributed by atoms with Crippen LogP contribution in [0, 0.1) is 0 Å². The van der Waals surface area contributed by atoms with Crippen molar-refractivity contribution in [1.29, 1.82) is 0 Å². The molecule has 0 spiro atoms. The number of fused-ring (bicyclic) bond motifs is 3. The van der Waals surface area contributed by atoms with E-state index in [4.69, 9.17) is 4.74 Å². The Morgan fingerprint density at radius 2 is 1.66 bits per heavy atom. The Labute approximate surface area is 187 Å². The summed E-state index contributed by atoms with van der Waals surface area (Å²) in [5, 5.41) is 14.6. The molecule has 1 saturated carbocycles. The highest BCUT2D eigenvalue weighted by Crippen LogP contribution is 2.44. The lowest BCUT2D eigenvalue weighted by molar-refractivity contribution is -0.143. The molecule has 4 rings (SSSR count). The van der Waals surface area contributed by atoms with E-state index in [1.807, 2.05) is 31.2 Å². The minimum absolute atomic E-state index is 0.0209. The smallest absolute Gasteiger partial charge is 0.407 e. The number of carboxylic acids is 1. The first kappa shape index (κ1) is 21.9. The average Bonchev–Trinajstić information content (AvgIpc) is 3.48. The average molecular weight is 437 g/mol. The third-order valence-corrected chi connectivity index (χ3v) is 6.27. The van der Waals surface area contributed by atoms with E-state index >= 15 is 0 Å². The molecule has 1 unspecified atom stereocenters. The van der Waals surface area contributed by atoms with Gasteiger partial charge in [-0.05, 0) is 41.5 Å². The van der Waals surface area contributed by atoms with Crippen molar-refractivity contribution in [3.8, 4) is 11.1 Å². The summed E-state index contributed by atoms with van der Waals surface area (Å²) in [6.07, 6.45) is 1.69. The molecule has 2 aliphatic carbocycles. The number of nitrogens with one attached hydrogen (secondary N) is 2. The number of carbonyl (C=O) groups excluding carboxylic acids is 2. The zero-order chi connectivity index (χ0) is 22.7. The number of rotatable bonds is 9. The van der Waals surface area contributed by atoms with Crippen molar-refractivity contribution in [2.75, 3.05) is 6.61 Å². The van der Waals surface area contributed by atoms with Gasteiger partial charge in [0.2, 0.25) is 5.91 Å². The summed E-state index contributed by atoms with van der Waals surface area (Å²) in [7, 11) is 0. The lowest BCUT2D eigenvalue weighted by Gasteiger charge is -2.20. The van der Waals surface area contributed by atoms with Gasteiger partial charge in [0, 0.05) is 18.4 Å². The zero-order valence-corrected chi connectivity index (χ0v) is 18.1. The molecule has 2 aromatic rings. The second-order valence-electron chi connectivity index (χ2n) is 8.60. The number of carboxylic acid groups (broad SMARTS) is 1. The molecule has 1 atom stereocenters. The fourth-order valence-corrected chi connectivity index (χ4v) is 4.44. The molecule has 2 amide bonds. The molecule has 2 aromatic carbocycles. The lowest BCUT2D eigenvalue weighted by atomic mass is 9.98. The fourth-order valence-electron chi connectivity index (χ4n) is 4.44. The number of ether oxygens (including phenoxy) is 1. The van der Waals surface area contributed by atoms with Gasteiger partial charge < -0.3 is 20.5 Å². The summed E-state index contributed by atoms with van der Waals surface area (Å²) >= 11 is 0. The number of hydrogen-bond acceptors (Lipinski definition) is 4. The molecule has 32 heavy (non-hydrogen) atoms. The van der Waals surface area contributed by atoms with Gasteiger partial charge in [-0.25, -0.2) is 9.59 Å². The van der Waals surface area contributed by atoms with Gasteiger partial charge in [0.25, 0.3) is 0 Å². The van der Waals surface area contributed by atoms with Crippen LogP contribution < -0.4 is 10.6 Å². The van der Waals surface area contributed by atoms with Gasteiger partial charge in [-0.2, -0.15) is 0 Å². The molecule has 0 aliphatic heterocycles. The zero-order valence-electron chi connectivity index (χ0n) is 18.1. The van der Waals surface area contributed by atoms with E-state index in [0.717, 1.165) is 28.7 Å². The number of aliphatic carboxylic acids is 1. The molecule has 7 heteroatoms. The van der Waals surface area contributed by atoms with Crippen molar-refractivity contribution in [1.82, 2.24) is 10.6 Å². The normalized spacial score (nSPS) is 16.4. The lowest BCUT2D eigenvalue weighted by Crippen LogP contribution is -2.46. The van der Waals surface area contributed by atoms with Crippen molar-refractivity contribution in [3.05, 3.63) is 59.7 Å². The number of benzene rings is 2. The van der Waals surface area contributed by atoms with Crippen LogP contribution in [-0.2, 0) is 14.3 Å².